The maximum Gasteiger partial charge on any atom is 0.252 e. The standard InChI is InChI=1S/C18H31N3O3S/c1-7-21(8-2)25(23,24)15-10-9-14(5)16(11-15)17(22)20-18(6,12-19)13(3)4/h9-11,13H,7-8,12,19H2,1-6H3,(H,20,22). The SMILES string of the molecule is CCN(CC)S(=O)(=O)c1ccc(C)c(C(=O)NC(C)(CN)C(C)C)c1. The van der Waals surface area contributed by atoms with Crippen LogP contribution in [-0.4, -0.2) is 43.8 Å². The van der Waals surface area contributed by atoms with Crippen LogP contribution in [0.25, 0.3) is 0 Å². The molecule has 1 atom stereocenters. The van der Waals surface area contributed by atoms with Crippen molar-refractivity contribution in [2.45, 2.75) is 52.0 Å². The quantitative estimate of drug-likeness (QED) is 0.734. The van der Waals surface area contributed by atoms with Gasteiger partial charge in [0.15, 0.2) is 0 Å². The lowest BCUT2D eigenvalue weighted by molar-refractivity contribution is 0.0882. The molecule has 0 aliphatic rings. The molecular formula is C18H31N3O3S. The Morgan fingerprint density at radius 2 is 1.84 bits per heavy atom. The molecule has 0 saturated carbocycles. The third-order valence-corrected chi connectivity index (χ3v) is 6.94. The normalized spacial score (nSPS) is 14.6. The molecule has 1 amide bonds. The van der Waals surface area contributed by atoms with Crippen molar-refractivity contribution in [3.05, 3.63) is 29.3 Å². The van der Waals surface area contributed by atoms with Crippen molar-refractivity contribution in [3.63, 3.8) is 0 Å². The maximum absolute atomic E-state index is 12.8. The Bertz CT molecular complexity index is 712. The van der Waals surface area contributed by atoms with Crippen LogP contribution in [0.3, 0.4) is 0 Å². The zero-order chi connectivity index (χ0) is 19.4. The summed E-state index contributed by atoms with van der Waals surface area (Å²) < 4.78 is 26.8. The maximum atomic E-state index is 12.8. The highest BCUT2D eigenvalue weighted by Crippen LogP contribution is 2.21. The van der Waals surface area contributed by atoms with Crippen molar-refractivity contribution >= 4 is 15.9 Å². The lowest BCUT2D eigenvalue weighted by Gasteiger charge is -2.33. The average Bonchev–Trinajstić information content (AvgIpc) is 2.55. The highest BCUT2D eigenvalue weighted by molar-refractivity contribution is 7.89. The molecule has 1 aromatic carbocycles. The Morgan fingerprint density at radius 1 is 1.28 bits per heavy atom. The van der Waals surface area contributed by atoms with Crippen LogP contribution < -0.4 is 11.1 Å². The first-order chi connectivity index (χ1) is 11.5. The predicted molar refractivity (Wildman–Crippen MR) is 101 cm³/mol. The number of benzene rings is 1. The van der Waals surface area contributed by atoms with Gasteiger partial charge in [0, 0.05) is 25.2 Å². The summed E-state index contributed by atoms with van der Waals surface area (Å²) in [5, 5.41) is 2.96. The minimum Gasteiger partial charge on any atom is -0.345 e. The number of aryl methyl sites for hydroxylation is 1. The number of nitrogens with one attached hydrogen (secondary N) is 1. The second-order valence-electron chi connectivity index (χ2n) is 6.80. The number of sulfonamides is 1. The van der Waals surface area contributed by atoms with Crippen LogP contribution in [0.15, 0.2) is 23.1 Å². The molecule has 0 aliphatic heterocycles. The molecule has 25 heavy (non-hydrogen) atoms. The van der Waals surface area contributed by atoms with Crippen molar-refractivity contribution in [2.75, 3.05) is 19.6 Å². The van der Waals surface area contributed by atoms with E-state index in [1.807, 2.05) is 20.8 Å². The van der Waals surface area contributed by atoms with Crippen molar-refractivity contribution in [1.29, 1.82) is 0 Å². The Hall–Kier alpha value is -1.44. The summed E-state index contributed by atoms with van der Waals surface area (Å²) in [6.07, 6.45) is 0. The van der Waals surface area contributed by atoms with E-state index in [9.17, 15) is 13.2 Å². The molecular weight excluding hydrogens is 338 g/mol. The van der Waals surface area contributed by atoms with E-state index in [1.165, 1.54) is 10.4 Å². The van der Waals surface area contributed by atoms with Crippen LogP contribution in [0.4, 0.5) is 0 Å². The fourth-order valence-corrected chi connectivity index (χ4v) is 3.96. The number of hydrogen-bond donors (Lipinski definition) is 2. The van der Waals surface area contributed by atoms with Gasteiger partial charge in [-0.3, -0.25) is 4.79 Å². The summed E-state index contributed by atoms with van der Waals surface area (Å²) in [4.78, 5) is 12.9. The van der Waals surface area contributed by atoms with Gasteiger partial charge in [-0.15, -0.1) is 0 Å². The topological polar surface area (TPSA) is 92.5 Å². The minimum absolute atomic E-state index is 0.131. The van der Waals surface area contributed by atoms with Crippen LogP contribution in [-0.2, 0) is 10.0 Å². The number of hydrogen-bond acceptors (Lipinski definition) is 4. The highest BCUT2D eigenvalue weighted by Gasteiger charge is 2.30. The first kappa shape index (κ1) is 21.6. The predicted octanol–water partition coefficient (Wildman–Crippen LogP) is 2.13. The molecule has 0 aliphatic carbocycles. The van der Waals surface area contributed by atoms with Gasteiger partial charge in [0.05, 0.1) is 10.4 Å². The monoisotopic (exact) mass is 369 g/mol. The average molecular weight is 370 g/mol. The first-order valence-corrected chi connectivity index (χ1v) is 10.1. The van der Waals surface area contributed by atoms with Crippen LogP contribution in [0.5, 0.6) is 0 Å². The van der Waals surface area contributed by atoms with E-state index in [0.29, 0.717) is 25.2 Å². The zero-order valence-electron chi connectivity index (χ0n) is 16.1. The van der Waals surface area contributed by atoms with Gasteiger partial charge in [0.25, 0.3) is 5.91 Å². The van der Waals surface area contributed by atoms with Gasteiger partial charge >= 0.3 is 0 Å². The van der Waals surface area contributed by atoms with Crippen molar-refractivity contribution in [1.82, 2.24) is 9.62 Å². The van der Waals surface area contributed by atoms with Crippen molar-refractivity contribution in [2.24, 2.45) is 11.7 Å². The lowest BCUT2D eigenvalue weighted by Crippen LogP contribution is -2.55. The van der Waals surface area contributed by atoms with Gasteiger partial charge in [-0.25, -0.2) is 8.42 Å². The van der Waals surface area contributed by atoms with Crippen molar-refractivity contribution < 1.29 is 13.2 Å². The largest absolute Gasteiger partial charge is 0.345 e. The summed E-state index contributed by atoms with van der Waals surface area (Å²) >= 11 is 0. The van der Waals surface area contributed by atoms with Gasteiger partial charge in [-0.05, 0) is 37.5 Å². The van der Waals surface area contributed by atoms with E-state index in [-0.39, 0.29) is 16.7 Å². The second-order valence-corrected chi connectivity index (χ2v) is 8.73. The summed E-state index contributed by atoms with van der Waals surface area (Å²) in [7, 11) is -3.61. The van der Waals surface area contributed by atoms with Crippen molar-refractivity contribution in [3.8, 4) is 0 Å². The molecule has 1 aromatic rings. The van der Waals surface area contributed by atoms with Crippen LogP contribution in [0.2, 0.25) is 0 Å². The number of nitrogens with zero attached hydrogens (tertiary/aromatic N) is 1. The molecule has 0 bridgehead atoms. The molecule has 0 saturated heterocycles. The molecule has 0 spiro atoms. The highest BCUT2D eigenvalue weighted by atomic mass is 32.2. The molecule has 0 fully saturated rings. The van der Waals surface area contributed by atoms with Crippen LogP contribution in [0, 0.1) is 12.8 Å². The third-order valence-electron chi connectivity index (χ3n) is 4.89. The third kappa shape index (κ3) is 4.59. The van der Waals surface area contributed by atoms with E-state index in [2.05, 4.69) is 5.32 Å². The summed E-state index contributed by atoms with van der Waals surface area (Å²) in [5.41, 5.74) is 6.35. The van der Waals surface area contributed by atoms with Gasteiger partial charge in [0.1, 0.15) is 0 Å². The molecule has 1 unspecified atom stereocenters. The lowest BCUT2D eigenvalue weighted by atomic mass is 9.88. The van der Waals surface area contributed by atoms with E-state index >= 15 is 0 Å². The van der Waals surface area contributed by atoms with E-state index < -0.39 is 15.6 Å². The minimum atomic E-state index is -3.61. The van der Waals surface area contributed by atoms with E-state index in [4.69, 9.17) is 5.73 Å². The van der Waals surface area contributed by atoms with Gasteiger partial charge < -0.3 is 11.1 Å². The molecule has 6 nitrogen and oxygen atoms in total. The molecule has 3 N–H and O–H groups in total. The van der Waals surface area contributed by atoms with Crippen LogP contribution >= 0.6 is 0 Å². The summed E-state index contributed by atoms with van der Waals surface area (Å²) in [6.45, 7) is 12.3. The molecule has 1 rings (SSSR count). The number of nitrogens with two attached hydrogens (primary N) is 1. The van der Waals surface area contributed by atoms with Gasteiger partial charge in [-0.1, -0.05) is 33.8 Å². The Kier molecular flexibility index (Phi) is 7.17. The Balaban J connectivity index is 3.29. The number of amides is 1. The fourth-order valence-electron chi connectivity index (χ4n) is 2.48. The fraction of sp³-hybridized carbons (Fsp3) is 0.611. The van der Waals surface area contributed by atoms with Gasteiger partial charge in [0.2, 0.25) is 10.0 Å². The zero-order valence-corrected chi connectivity index (χ0v) is 16.9. The van der Waals surface area contributed by atoms with E-state index in [0.717, 1.165) is 5.56 Å². The smallest absolute Gasteiger partial charge is 0.252 e. The Labute approximate surface area is 151 Å². The summed E-state index contributed by atoms with van der Waals surface area (Å²) in [6, 6.07) is 4.67. The molecule has 0 heterocycles. The molecule has 0 radical (unpaired) electrons. The first-order valence-electron chi connectivity index (χ1n) is 8.66. The van der Waals surface area contributed by atoms with Crippen LogP contribution in [0.1, 0.15) is 50.5 Å². The second kappa shape index (κ2) is 8.29. The number of rotatable bonds is 8. The number of carbonyl (C=O) groups is 1. The Morgan fingerprint density at radius 3 is 2.28 bits per heavy atom. The van der Waals surface area contributed by atoms with E-state index in [1.54, 1.807) is 32.9 Å². The molecule has 7 heteroatoms. The summed E-state index contributed by atoms with van der Waals surface area (Å²) in [5.74, 6) is -0.167. The molecule has 142 valence electrons. The van der Waals surface area contributed by atoms with Gasteiger partial charge in [-0.2, -0.15) is 4.31 Å². The molecule has 0 aromatic heterocycles. The number of carbonyl (C=O) groups excluding carboxylic acids is 1.